The number of ether oxygens (including phenoxy) is 2. The molecule has 2 aliphatic rings. The fourth-order valence-electron chi connectivity index (χ4n) is 2.05. The van der Waals surface area contributed by atoms with Crippen LogP contribution in [0.5, 0.6) is 0 Å². The van der Waals surface area contributed by atoms with Gasteiger partial charge in [0, 0.05) is 5.92 Å². The number of rotatable bonds is 1. The predicted octanol–water partition coefficient (Wildman–Crippen LogP) is 1.39. The first-order valence-corrected chi connectivity index (χ1v) is 4.57. The van der Waals surface area contributed by atoms with Crippen LogP contribution in [0.2, 0.25) is 0 Å². The highest BCUT2D eigenvalue weighted by Crippen LogP contribution is 2.36. The van der Waals surface area contributed by atoms with Crippen LogP contribution in [0.4, 0.5) is 4.39 Å². The molecule has 0 bridgehead atoms. The molecule has 2 saturated heterocycles. The highest BCUT2D eigenvalue weighted by Gasteiger charge is 2.48. The van der Waals surface area contributed by atoms with Gasteiger partial charge in [0.05, 0.1) is 19.3 Å². The highest BCUT2D eigenvalue weighted by atomic mass is 19.1. The molecule has 2 aliphatic heterocycles. The van der Waals surface area contributed by atoms with Crippen molar-refractivity contribution in [3.63, 3.8) is 0 Å². The zero-order chi connectivity index (χ0) is 8.72. The smallest absolute Gasteiger partial charge is 0.152 e. The standard InChI is InChI=1S/C9H15FO2/c1-5(2)6-3-11-9-7(10)4-12-8(6)9/h5-9H,3-4H2,1-2H3/t6-,7+,8+,9+/m1/s1. The Morgan fingerprint density at radius 3 is 2.50 bits per heavy atom. The second-order valence-corrected chi connectivity index (χ2v) is 4.02. The van der Waals surface area contributed by atoms with Gasteiger partial charge in [-0.1, -0.05) is 13.8 Å². The van der Waals surface area contributed by atoms with Gasteiger partial charge in [0.15, 0.2) is 6.17 Å². The van der Waals surface area contributed by atoms with E-state index < -0.39 is 6.17 Å². The molecule has 0 radical (unpaired) electrons. The van der Waals surface area contributed by atoms with Crippen LogP contribution in [0, 0.1) is 11.8 Å². The number of alkyl halides is 1. The first-order chi connectivity index (χ1) is 5.70. The van der Waals surface area contributed by atoms with E-state index in [0.29, 0.717) is 18.4 Å². The third-order valence-corrected chi connectivity index (χ3v) is 2.89. The Labute approximate surface area is 72.0 Å². The van der Waals surface area contributed by atoms with Gasteiger partial charge in [-0.05, 0) is 5.92 Å². The maximum absolute atomic E-state index is 13.1. The van der Waals surface area contributed by atoms with E-state index in [4.69, 9.17) is 9.47 Å². The molecule has 0 aromatic rings. The van der Waals surface area contributed by atoms with Crippen LogP contribution in [0.3, 0.4) is 0 Å². The summed E-state index contributed by atoms with van der Waals surface area (Å²) in [5.41, 5.74) is 0. The van der Waals surface area contributed by atoms with Gasteiger partial charge >= 0.3 is 0 Å². The third-order valence-electron chi connectivity index (χ3n) is 2.89. The molecule has 70 valence electrons. The van der Waals surface area contributed by atoms with Crippen molar-refractivity contribution in [1.82, 2.24) is 0 Å². The zero-order valence-electron chi connectivity index (χ0n) is 7.50. The van der Waals surface area contributed by atoms with E-state index in [0.717, 1.165) is 0 Å². The fraction of sp³-hybridized carbons (Fsp3) is 1.00. The second-order valence-electron chi connectivity index (χ2n) is 4.02. The molecule has 2 heterocycles. The Bertz CT molecular complexity index is 172. The molecular weight excluding hydrogens is 159 g/mol. The molecule has 0 spiro atoms. The summed E-state index contributed by atoms with van der Waals surface area (Å²) in [5, 5.41) is 0. The summed E-state index contributed by atoms with van der Waals surface area (Å²) in [6, 6.07) is 0. The zero-order valence-corrected chi connectivity index (χ0v) is 7.50. The van der Waals surface area contributed by atoms with E-state index in [-0.39, 0.29) is 18.8 Å². The van der Waals surface area contributed by atoms with Gasteiger partial charge in [-0.3, -0.25) is 0 Å². The molecule has 2 nitrogen and oxygen atoms in total. The number of halogens is 1. The molecule has 0 saturated carbocycles. The first-order valence-electron chi connectivity index (χ1n) is 4.57. The minimum atomic E-state index is -0.904. The lowest BCUT2D eigenvalue weighted by Gasteiger charge is -2.18. The van der Waals surface area contributed by atoms with Crippen LogP contribution in [0.15, 0.2) is 0 Å². The summed E-state index contributed by atoms with van der Waals surface area (Å²) >= 11 is 0. The van der Waals surface area contributed by atoms with Gasteiger partial charge in [-0.15, -0.1) is 0 Å². The summed E-state index contributed by atoms with van der Waals surface area (Å²) < 4.78 is 23.8. The monoisotopic (exact) mass is 174 g/mol. The minimum Gasteiger partial charge on any atom is -0.372 e. The molecule has 3 heteroatoms. The topological polar surface area (TPSA) is 18.5 Å². The van der Waals surface area contributed by atoms with E-state index in [1.54, 1.807) is 0 Å². The summed E-state index contributed by atoms with van der Waals surface area (Å²) in [6.07, 6.45) is -1.17. The van der Waals surface area contributed by atoms with Crippen molar-refractivity contribution in [2.45, 2.75) is 32.2 Å². The van der Waals surface area contributed by atoms with E-state index in [2.05, 4.69) is 13.8 Å². The minimum absolute atomic E-state index is 0.0139. The maximum atomic E-state index is 13.1. The first kappa shape index (κ1) is 8.45. The Balaban J connectivity index is 2.05. The van der Waals surface area contributed by atoms with Gasteiger partial charge in [-0.2, -0.15) is 0 Å². The average molecular weight is 174 g/mol. The second kappa shape index (κ2) is 2.96. The Hall–Kier alpha value is -0.150. The molecule has 0 aromatic carbocycles. The van der Waals surface area contributed by atoms with Crippen molar-refractivity contribution in [3.05, 3.63) is 0 Å². The largest absolute Gasteiger partial charge is 0.372 e. The molecular formula is C9H15FO2. The van der Waals surface area contributed by atoms with Crippen LogP contribution in [0.1, 0.15) is 13.8 Å². The Kier molecular flexibility index (Phi) is 2.09. The third kappa shape index (κ3) is 1.15. The van der Waals surface area contributed by atoms with Crippen molar-refractivity contribution in [1.29, 1.82) is 0 Å². The molecule has 2 rings (SSSR count). The van der Waals surface area contributed by atoms with Crippen molar-refractivity contribution in [3.8, 4) is 0 Å². The van der Waals surface area contributed by atoms with Gasteiger partial charge in [-0.25, -0.2) is 4.39 Å². The van der Waals surface area contributed by atoms with E-state index in [9.17, 15) is 4.39 Å². The van der Waals surface area contributed by atoms with E-state index >= 15 is 0 Å². The van der Waals surface area contributed by atoms with Crippen LogP contribution in [0.25, 0.3) is 0 Å². The predicted molar refractivity (Wildman–Crippen MR) is 42.7 cm³/mol. The van der Waals surface area contributed by atoms with Crippen molar-refractivity contribution < 1.29 is 13.9 Å². The van der Waals surface area contributed by atoms with Crippen LogP contribution < -0.4 is 0 Å². The lowest BCUT2D eigenvalue weighted by molar-refractivity contribution is 0.0534. The molecule has 4 atom stereocenters. The number of hydrogen-bond acceptors (Lipinski definition) is 2. The number of hydrogen-bond donors (Lipinski definition) is 0. The molecule has 0 aromatic heterocycles. The van der Waals surface area contributed by atoms with Gasteiger partial charge in [0.1, 0.15) is 6.10 Å². The molecule has 2 fully saturated rings. The molecule has 0 aliphatic carbocycles. The summed E-state index contributed by atoms with van der Waals surface area (Å²) in [5.74, 6) is 0.904. The van der Waals surface area contributed by atoms with Crippen LogP contribution >= 0.6 is 0 Å². The van der Waals surface area contributed by atoms with Crippen LogP contribution in [-0.4, -0.2) is 31.6 Å². The normalized spacial score (nSPS) is 47.0. The molecule has 12 heavy (non-hydrogen) atoms. The summed E-state index contributed by atoms with van der Waals surface area (Å²) in [7, 11) is 0. The SMILES string of the molecule is CC(C)[C@H]1CO[C@@H]2[C@H]1OC[C@@H]2F. The highest BCUT2D eigenvalue weighted by molar-refractivity contribution is 4.94. The Morgan fingerprint density at radius 2 is 1.83 bits per heavy atom. The van der Waals surface area contributed by atoms with Gasteiger partial charge < -0.3 is 9.47 Å². The van der Waals surface area contributed by atoms with E-state index in [1.165, 1.54) is 0 Å². The lowest BCUT2D eigenvalue weighted by atomic mass is 9.91. The van der Waals surface area contributed by atoms with Gasteiger partial charge in [0.2, 0.25) is 0 Å². The maximum Gasteiger partial charge on any atom is 0.152 e. The molecule has 0 unspecified atom stereocenters. The summed E-state index contributed by atoms with van der Waals surface area (Å²) in [6.45, 7) is 5.14. The fourth-order valence-corrected chi connectivity index (χ4v) is 2.05. The van der Waals surface area contributed by atoms with E-state index in [1.807, 2.05) is 0 Å². The summed E-state index contributed by atoms with van der Waals surface area (Å²) in [4.78, 5) is 0. The van der Waals surface area contributed by atoms with Crippen LogP contribution in [-0.2, 0) is 9.47 Å². The average Bonchev–Trinajstić information content (AvgIpc) is 2.53. The Morgan fingerprint density at radius 1 is 1.17 bits per heavy atom. The quantitative estimate of drug-likeness (QED) is 0.598. The van der Waals surface area contributed by atoms with Crippen molar-refractivity contribution in [2.24, 2.45) is 11.8 Å². The molecule has 0 amide bonds. The van der Waals surface area contributed by atoms with Crippen molar-refractivity contribution >= 4 is 0 Å². The van der Waals surface area contributed by atoms with Crippen molar-refractivity contribution in [2.75, 3.05) is 13.2 Å². The van der Waals surface area contributed by atoms with Gasteiger partial charge in [0.25, 0.3) is 0 Å². The number of fused-ring (bicyclic) bond motifs is 1. The molecule has 0 N–H and O–H groups in total. The lowest BCUT2D eigenvalue weighted by Crippen LogP contribution is -2.28.